The highest BCUT2D eigenvalue weighted by Crippen LogP contribution is 2.30. The Hall–Kier alpha value is -2.31. The van der Waals surface area contributed by atoms with E-state index in [0.717, 1.165) is 11.1 Å². The van der Waals surface area contributed by atoms with Crippen LogP contribution in [0.15, 0.2) is 54.6 Å². The van der Waals surface area contributed by atoms with Crippen molar-refractivity contribution in [1.82, 2.24) is 5.32 Å². The molecule has 0 aliphatic carbocycles. The first-order valence-corrected chi connectivity index (χ1v) is 9.33. The molecule has 0 saturated heterocycles. The maximum absolute atomic E-state index is 12.9. The Balaban J connectivity index is 2.50. The summed E-state index contributed by atoms with van der Waals surface area (Å²) in [7, 11) is 0. The molecule has 0 bridgehead atoms. The van der Waals surface area contributed by atoms with Gasteiger partial charge < -0.3 is 9.84 Å². The van der Waals surface area contributed by atoms with E-state index in [4.69, 9.17) is 4.74 Å². The van der Waals surface area contributed by atoms with Gasteiger partial charge in [-0.25, -0.2) is 4.79 Å². The number of carboxylic acids is 1. The molecule has 0 fully saturated rings. The van der Waals surface area contributed by atoms with Gasteiger partial charge in [0.05, 0.1) is 0 Å². The summed E-state index contributed by atoms with van der Waals surface area (Å²) in [6, 6.07) is 15.1. The van der Waals surface area contributed by atoms with Gasteiger partial charge in [0.2, 0.25) is 0 Å². The molecular weight excluding hydrogens is 362 g/mol. The zero-order valence-electron chi connectivity index (χ0n) is 15.7. The highest BCUT2D eigenvalue weighted by Gasteiger charge is 2.32. The van der Waals surface area contributed by atoms with Crippen LogP contribution in [-0.2, 0) is 14.3 Å². The lowest BCUT2D eigenvalue weighted by Gasteiger charge is -2.27. The third-order valence-corrected chi connectivity index (χ3v) is 4.21. The van der Waals surface area contributed by atoms with E-state index in [-0.39, 0.29) is 5.75 Å². The minimum Gasteiger partial charge on any atom is -0.480 e. The summed E-state index contributed by atoms with van der Waals surface area (Å²) in [6.07, 6.45) is 0. The van der Waals surface area contributed by atoms with Crippen LogP contribution in [0.2, 0.25) is 0 Å². The lowest BCUT2D eigenvalue weighted by Crippen LogP contribution is -2.45. The molecule has 0 saturated carbocycles. The second-order valence-corrected chi connectivity index (χ2v) is 7.52. The Morgan fingerprint density at radius 3 is 2.22 bits per heavy atom. The van der Waals surface area contributed by atoms with Gasteiger partial charge in [0.1, 0.15) is 17.7 Å². The zero-order valence-corrected chi connectivity index (χ0v) is 16.6. The van der Waals surface area contributed by atoms with Crippen molar-refractivity contribution < 1.29 is 19.4 Å². The van der Waals surface area contributed by atoms with Crippen LogP contribution >= 0.6 is 12.6 Å². The number of hydrogen-bond donors (Lipinski definition) is 3. The Labute approximate surface area is 165 Å². The molecule has 0 aliphatic heterocycles. The van der Waals surface area contributed by atoms with Gasteiger partial charge in [0, 0.05) is 5.75 Å². The third-order valence-electron chi connectivity index (χ3n) is 3.85. The first-order valence-electron chi connectivity index (χ1n) is 8.70. The van der Waals surface area contributed by atoms with Crippen LogP contribution in [0.4, 0.5) is 0 Å². The molecule has 0 aliphatic rings. The Morgan fingerprint density at radius 1 is 1.07 bits per heavy atom. The summed E-state index contributed by atoms with van der Waals surface area (Å²) in [5.41, 5.74) is 1.73. The second kappa shape index (κ2) is 9.06. The highest BCUT2D eigenvalue weighted by atomic mass is 32.1. The minimum absolute atomic E-state index is 0.0438. The average molecular weight is 388 g/mol. The third kappa shape index (κ3) is 5.84. The van der Waals surface area contributed by atoms with Crippen LogP contribution in [-0.4, -0.2) is 34.4 Å². The number of hydrogen-bond acceptors (Lipinski definition) is 5. The van der Waals surface area contributed by atoms with Crippen molar-refractivity contribution in [3.63, 3.8) is 0 Å². The van der Waals surface area contributed by atoms with Crippen molar-refractivity contribution in [2.45, 2.75) is 38.5 Å². The van der Waals surface area contributed by atoms with E-state index in [2.05, 4.69) is 17.9 Å². The average Bonchev–Trinajstić information content (AvgIpc) is 2.61. The molecule has 2 atom stereocenters. The number of esters is 1. The maximum atomic E-state index is 12.9. The molecule has 5 nitrogen and oxygen atoms in total. The maximum Gasteiger partial charge on any atom is 0.328 e. The van der Waals surface area contributed by atoms with Crippen LogP contribution in [0.1, 0.15) is 32.4 Å². The van der Waals surface area contributed by atoms with E-state index >= 15 is 0 Å². The van der Waals surface area contributed by atoms with E-state index in [0.29, 0.717) is 5.56 Å². The van der Waals surface area contributed by atoms with Gasteiger partial charge >= 0.3 is 11.9 Å². The van der Waals surface area contributed by atoms with Crippen molar-refractivity contribution in [3.05, 3.63) is 60.2 Å². The number of aliphatic carboxylic acids is 1. The van der Waals surface area contributed by atoms with Gasteiger partial charge in [0.15, 0.2) is 0 Å². The van der Waals surface area contributed by atoms with Crippen molar-refractivity contribution in [3.8, 4) is 11.1 Å². The number of carboxylic acid groups (broad SMARTS) is 1. The summed E-state index contributed by atoms with van der Waals surface area (Å²) in [5, 5.41) is 12.3. The number of rotatable bonds is 7. The molecule has 2 N–H and O–H groups in total. The van der Waals surface area contributed by atoms with Crippen LogP contribution in [0.25, 0.3) is 11.1 Å². The van der Waals surface area contributed by atoms with Crippen LogP contribution in [0.3, 0.4) is 0 Å². The van der Waals surface area contributed by atoms with E-state index in [1.54, 1.807) is 26.8 Å². The molecular formula is C21H25NO4S. The smallest absolute Gasteiger partial charge is 0.328 e. The normalized spacial score (nSPS) is 13.6. The van der Waals surface area contributed by atoms with Crippen molar-refractivity contribution in [1.29, 1.82) is 0 Å². The Bertz CT molecular complexity index is 786. The SMILES string of the molecule is CC(C)(C)OC(=O)C(N[C@@H](CS)C(=O)O)c1ccccc1-c1ccccc1. The molecule has 0 spiro atoms. The monoisotopic (exact) mass is 387 g/mol. The quantitative estimate of drug-likeness (QED) is 0.499. The van der Waals surface area contributed by atoms with Gasteiger partial charge in [-0.1, -0.05) is 54.6 Å². The number of carbonyl (C=O) groups is 2. The summed E-state index contributed by atoms with van der Waals surface area (Å²) >= 11 is 4.10. The first kappa shape index (κ1) is 21.0. The lowest BCUT2D eigenvalue weighted by atomic mass is 9.94. The van der Waals surface area contributed by atoms with Crippen molar-refractivity contribution >= 4 is 24.6 Å². The number of nitrogens with one attached hydrogen (secondary N) is 1. The van der Waals surface area contributed by atoms with Gasteiger partial charge in [-0.3, -0.25) is 10.1 Å². The fraction of sp³-hybridized carbons (Fsp3) is 0.333. The molecule has 27 heavy (non-hydrogen) atoms. The van der Waals surface area contributed by atoms with E-state index in [1.807, 2.05) is 48.5 Å². The van der Waals surface area contributed by atoms with Crippen LogP contribution in [0.5, 0.6) is 0 Å². The second-order valence-electron chi connectivity index (χ2n) is 7.16. The van der Waals surface area contributed by atoms with E-state index in [1.165, 1.54) is 0 Å². The number of ether oxygens (including phenoxy) is 1. The van der Waals surface area contributed by atoms with E-state index in [9.17, 15) is 14.7 Å². The minimum atomic E-state index is -1.07. The summed E-state index contributed by atoms with van der Waals surface area (Å²) in [5.74, 6) is -1.56. The molecule has 144 valence electrons. The van der Waals surface area contributed by atoms with Gasteiger partial charge in [0.25, 0.3) is 0 Å². The zero-order chi connectivity index (χ0) is 20.0. The number of carbonyl (C=O) groups excluding carboxylic acids is 1. The van der Waals surface area contributed by atoms with Gasteiger partial charge in [-0.05, 0) is 37.5 Å². The first-order chi connectivity index (χ1) is 12.7. The number of benzene rings is 2. The molecule has 2 aromatic rings. The molecule has 2 aromatic carbocycles. The molecule has 0 aromatic heterocycles. The Kier molecular flexibility index (Phi) is 7.05. The van der Waals surface area contributed by atoms with E-state index < -0.39 is 29.6 Å². The summed E-state index contributed by atoms with van der Waals surface area (Å²) < 4.78 is 5.55. The molecule has 0 heterocycles. The van der Waals surface area contributed by atoms with Crippen molar-refractivity contribution in [2.24, 2.45) is 0 Å². The highest BCUT2D eigenvalue weighted by molar-refractivity contribution is 7.80. The molecule has 0 amide bonds. The number of thiol groups is 1. The summed E-state index contributed by atoms with van der Waals surface area (Å²) in [4.78, 5) is 24.4. The van der Waals surface area contributed by atoms with Crippen LogP contribution in [0, 0.1) is 0 Å². The molecule has 1 unspecified atom stereocenters. The van der Waals surface area contributed by atoms with Crippen molar-refractivity contribution in [2.75, 3.05) is 5.75 Å². The largest absolute Gasteiger partial charge is 0.480 e. The standard InChI is InChI=1S/C21H25NO4S/c1-21(2,3)26-20(25)18(22-17(13-27)19(23)24)16-12-8-7-11-15(16)14-9-5-4-6-10-14/h4-12,17-18,22,27H,13H2,1-3H3,(H,23,24)/t17-,18?/m0/s1. The predicted molar refractivity (Wildman–Crippen MR) is 109 cm³/mol. The topological polar surface area (TPSA) is 75.6 Å². The summed E-state index contributed by atoms with van der Waals surface area (Å²) in [6.45, 7) is 5.33. The molecule has 0 radical (unpaired) electrons. The van der Waals surface area contributed by atoms with Gasteiger partial charge in [-0.15, -0.1) is 0 Å². The Morgan fingerprint density at radius 2 is 1.67 bits per heavy atom. The fourth-order valence-electron chi connectivity index (χ4n) is 2.68. The molecule has 6 heteroatoms. The van der Waals surface area contributed by atoms with Gasteiger partial charge in [-0.2, -0.15) is 12.6 Å². The molecule has 2 rings (SSSR count). The lowest BCUT2D eigenvalue weighted by molar-refractivity contribution is -0.158. The fourth-order valence-corrected chi connectivity index (χ4v) is 2.94. The predicted octanol–water partition coefficient (Wildman–Crippen LogP) is 3.71. The van der Waals surface area contributed by atoms with Crippen LogP contribution < -0.4 is 5.32 Å².